The number of rotatable bonds is 11. The number of oxime groups is 1. The molecular weight excluding hydrogens is 504 g/mol. The molecule has 2 N–H and O–H groups in total. The van der Waals surface area contributed by atoms with Crippen molar-refractivity contribution < 1.29 is 19.1 Å². The van der Waals surface area contributed by atoms with Crippen LogP contribution in [-0.2, 0) is 9.63 Å². The van der Waals surface area contributed by atoms with Crippen LogP contribution < -0.4 is 14.9 Å². The third-order valence-corrected chi connectivity index (χ3v) is 5.44. The lowest BCUT2D eigenvalue weighted by Crippen LogP contribution is -2.34. The second-order valence-electron chi connectivity index (χ2n) is 8.02. The lowest BCUT2D eigenvalue weighted by Gasteiger charge is -2.23. The molecule has 0 fully saturated rings. The Morgan fingerprint density at radius 1 is 1.26 bits per heavy atom. The first-order chi connectivity index (χ1) is 19.1. The van der Waals surface area contributed by atoms with Gasteiger partial charge in [0, 0.05) is 12.1 Å². The Bertz CT molecular complexity index is 1400. The number of H-pyrrole nitrogens is 1. The van der Waals surface area contributed by atoms with Crippen molar-refractivity contribution in [3.63, 3.8) is 0 Å². The molecule has 0 unspecified atom stereocenters. The van der Waals surface area contributed by atoms with Gasteiger partial charge in [-0.2, -0.15) is 20.7 Å². The Labute approximate surface area is 223 Å². The topological polar surface area (TPSA) is 175 Å². The highest BCUT2D eigenvalue weighted by Gasteiger charge is 2.20. The van der Waals surface area contributed by atoms with E-state index in [-0.39, 0.29) is 24.1 Å². The van der Waals surface area contributed by atoms with E-state index in [1.54, 1.807) is 31.4 Å². The second kappa shape index (κ2) is 13.3. The number of benzene rings is 2. The lowest BCUT2D eigenvalue weighted by molar-refractivity contribution is -0.136. The lowest BCUT2D eigenvalue weighted by atomic mass is 10.0. The van der Waals surface area contributed by atoms with Crippen molar-refractivity contribution in [1.82, 2.24) is 25.6 Å². The zero-order chi connectivity index (χ0) is 27.5. The van der Waals surface area contributed by atoms with Crippen molar-refractivity contribution >= 4 is 29.2 Å². The number of nitriles is 1. The summed E-state index contributed by atoms with van der Waals surface area (Å²) in [5, 5.41) is 36.0. The third kappa shape index (κ3) is 7.13. The molecule has 0 radical (unpaired) electrons. The number of methoxy groups -OCH3 is 1. The molecule has 2 heterocycles. The van der Waals surface area contributed by atoms with Crippen LogP contribution in [0.15, 0.2) is 57.8 Å². The summed E-state index contributed by atoms with van der Waals surface area (Å²) >= 11 is 0. The van der Waals surface area contributed by atoms with Crippen molar-refractivity contribution in [3.05, 3.63) is 59.4 Å². The number of nitrogens with one attached hydrogen (secondary N) is 2. The molecule has 14 nitrogen and oxygen atoms in total. The molecule has 3 aromatic rings. The SMILES string of the molecule is CCOc1cc(C2=NN(C(=O)CO/N=C\c3ccc(N/N=C(\C#N)c4nn[nH]n4)cc3)CCC2)ccc1OC. The number of hydrazone groups is 2. The average Bonchev–Trinajstić information content (AvgIpc) is 3.51. The molecule has 1 aliphatic heterocycles. The Kier molecular flexibility index (Phi) is 9.11. The Balaban J connectivity index is 1.30. The van der Waals surface area contributed by atoms with E-state index in [1.165, 1.54) is 11.2 Å². The third-order valence-electron chi connectivity index (χ3n) is 5.44. The predicted molar refractivity (Wildman–Crippen MR) is 142 cm³/mol. The largest absolute Gasteiger partial charge is 0.493 e. The van der Waals surface area contributed by atoms with Crippen molar-refractivity contribution in [2.75, 3.05) is 32.3 Å². The van der Waals surface area contributed by atoms with Gasteiger partial charge in [0.05, 0.1) is 31.3 Å². The highest BCUT2D eigenvalue weighted by atomic mass is 16.6. The zero-order valence-electron chi connectivity index (χ0n) is 21.4. The van der Waals surface area contributed by atoms with Gasteiger partial charge in [-0.15, -0.1) is 10.2 Å². The number of carbonyl (C=O) groups is 1. The molecule has 0 bridgehead atoms. The smallest absolute Gasteiger partial charge is 0.283 e. The van der Waals surface area contributed by atoms with Crippen LogP contribution in [0.25, 0.3) is 0 Å². The van der Waals surface area contributed by atoms with Gasteiger partial charge in [-0.25, -0.2) is 5.01 Å². The van der Waals surface area contributed by atoms with Gasteiger partial charge >= 0.3 is 0 Å². The fourth-order valence-corrected chi connectivity index (χ4v) is 3.57. The quantitative estimate of drug-likeness (QED) is 0.278. The van der Waals surface area contributed by atoms with Crippen LogP contribution in [0.2, 0.25) is 0 Å². The van der Waals surface area contributed by atoms with E-state index in [0.29, 0.717) is 30.3 Å². The minimum Gasteiger partial charge on any atom is -0.493 e. The molecular formula is C25H26N10O4. The molecule has 0 atom stereocenters. The maximum Gasteiger partial charge on any atom is 0.283 e. The summed E-state index contributed by atoms with van der Waals surface area (Å²) < 4.78 is 11.0. The zero-order valence-corrected chi connectivity index (χ0v) is 21.4. The number of carbonyl (C=O) groups excluding carboxylic acids is 1. The van der Waals surface area contributed by atoms with Crippen LogP contribution in [0.1, 0.15) is 36.7 Å². The van der Waals surface area contributed by atoms with Crippen LogP contribution >= 0.6 is 0 Å². The van der Waals surface area contributed by atoms with Crippen LogP contribution in [0, 0.1) is 11.3 Å². The van der Waals surface area contributed by atoms with Gasteiger partial charge in [-0.05, 0) is 60.9 Å². The van der Waals surface area contributed by atoms with Gasteiger partial charge in [0.1, 0.15) is 6.07 Å². The van der Waals surface area contributed by atoms with E-state index in [1.807, 2.05) is 31.2 Å². The van der Waals surface area contributed by atoms with Crippen molar-refractivity contribution in [1.29, 1.82) is 5.26 Å². The Morgan fingerprint density at radius 3 is 2.82 bits per heavy atom. The van der Waals surface area contributed by atoms with E-state index in [4.69, 9.17) is 19.6 Å². The molecule has 4 rings (SSSR count). The fraction of sp³-hybridized carbons (Fsp3) is 0.280. The average molecular weight is 531 g/mol. The van der Waals surface area contributed by atoms with Crippen molar-refractivity contribution in [2.24, 2.45) is 15.4 Å². The molecule has 0 saturated carbocycles. The number of ether oxygens (including phenoxy) is 2. The van der Waals surface area contributed by atoms with E-state index in [2.05, 4.69) is 41.4 Å². The maximum absolute atomic E-state index is 12.7. The van der Waals surface area contributed by atoms with Gasteiger partial charge in [0.2, 0.25) is 11.5 Å². The molecule has 200 valence electrons. The van der Waals surface area contributed by atoms with Gasteiger partial charge in [-0.1, -0.05) is 17.3 Å². The number of aromatic amines is 1. The van der Waals surface area contributed by atoms with E-state index in [9.17, 15) is 4.79 Å². The van der Waals surface area contributed by atoms with E-state index in [0.717, 1.165) is 29.7 Å². The summed E-state index contributed by atoms with van der Waals surface area (Å²) in [6.07, 6.45) is 3.00. The Hall–Kier alpha value is -5.32. The number of nitrogens with zero attached hydrogens (tertiary/aromatic N) is 8. The van der Waals surface area contributed by atoms with Crippen LogP contribution in [-0.4, -0.2) is 76.0 Å². The molecule has 1 aromatic heterocycles. The molecule has 0 saturated heterocycles. The van der Waals surface area contributed by atoms with Gasteiger partial charge < -0.3 is 14.3 Å². The molecule has 14 heteroatoms. The minimum absolute atomic E-state index is 0.0168. The summed E-state index contributed by atoms with van der Waals surface area (Å²) in [6, 6.07) is 14.5. The Morgan fingerprint density at radius 2 is 2.10 bits per heavy atom. The molecule has 1 aliphatic rings. The van der Waals surface area contributed by atoms with Crippen molar-refractivity contribution in [2.45, 2.75) is 19.8 Å². The minimum atomic E-state index is -0.296. The first-order valence-electron chi connectivity index (χ1n) is 12.0. The standard InChI is InChI=1S/C25H26N10O4/c1-3-38-23-13-18(8-11-22(23)37-2)20-5-4-12-35(32-20)24(36)16-39-27-15-17-6-9-19(10-7-17)28-29-21(14-26)25-30-33-34-31-25/h6-11,13,15,28H,3-5,12,16H2,1-2H3,(H,30,31,33,34)/b27-15-,29-21+. The number of hydrogen-bond donors (Lipinski definition) is 2. The summed E-state index contributed by atoms with van der Waals surface area (Å²) in [4.78, 5) is 17.9. The van der Waals surface area contributed by atoms with E-state index < -0.39 is 0 Å². The normalized spacial score (nSPS) is 13.5. The second-order valence-corrected chi connectivity index (χ2v) is 8.02. The highest BCUT2D eigenvalue weighted by Crippen LogP contribution is 2.29. The number of hydrogen-bond acceptors (Lipinski definition) is 12. The van der Waals surface area contributed by atoms with Gasteiger partial charge in [0.15, 0.2) is 18.1 Å². The summed E-state index contributed by atoms with van der Waals surface area (Å²) in [5.74, 6) is 1.07. The molecule has 0 spiro atoms. The first kappa shape index (κ1) is 26.7. The number of amides is 1. The number of aromatic nitrogens is 4. The van der Waals surface area contributed by atoms with E-state index >= 15 is 0 Å². The van der Waals surface area contributed by atoms with Crippen molar-refractivity contribution in [3.8, 4) is 17.6 Å². The highest BCUT2D eigenvalue weighted by molar-refractivity contribution is 6.09. The van der Waals surface area contributed by atoms with Crippen LogP contribution in [0.5, 0.6) is 11.5 Å². The fourth-order valence-electron chi connectivity index (χ4n) is 3.57. The number of tetrazole rings is 1. The van der Waals surface area contributed by atoms with Gasteiger partial charge in [0.25, 0.3) is 5.91 Å². The molecule has 1 amide bonds. The molecule has 0 aliphatic carbocycles. The first-order valence-corrected chi connectivity index (χ1v) is 12.0. The molecule has 39 heavy (non-hydrogen) atoms. The molecule has 2 aromatic carbocycles. The summed E-state index contributed by atoms with van der Waals surface area (Å²) in [5.41, 5.74) is 5.76. The van der Waals surface area contributed by atoms with Gasteiger partial charge in [-0.3, -0.25) is 10.2 Å². The summed E-state index contributed by atoms with van der Waals surface area (Å²) in [7, 11) is 1.59. The summed E-state index contributed by atoms with van der Waals surface area (Å²) in [6.45, 7) is 2.67. The number of anilines is 1. The van der Waals surface area contributed by atoms with Crippen LogP contribution in [0.3, 0.4) is 0 Å². The maximum atomic E-state index is 12.7. The predicted octanol–water partition coefficient (Wildman–Crippen LogP) is 2.32. The monoisotopic (exact) mass is 530 g/mol. The van der Waals surface area contributed by atoms with Crippen LogP contribution in [0.4, 0.5) is 5.69 Å².